The zero-order valence-electron chi connectivity index (χ0n) is 12.0. The van der Waals surface area contributed by atoms with Gasteiger partial charge in [0.25, 0.3) is 0 Å². The molecule has 2 aromatic rings. The lowest BCUT2D eigenvalue weighted by molar-refractivity contribution is -0.142. The van der Waals surface area contributed by atoms with Crippen LogP contribution in [0.2, 0.25) is 0 Å². The number of carbonyl (C=O) groups is 1. The number of anilines is 1. The predicted octanol–water partition coefficient (Wildman–Crippen LogP) is 3.84. The summed E-state index contributed by atoms with van der Waals surface area (Å²) in [5.74, 6) is 1.35. The number of rotatable bonds is 7. The number of carbonyl (C=O) groups excluding carboxylic acids is 1. The summed E-state index contributed by atoms with van der Waals surface area (Å²) in [6.45, 7) is 2.75. The van der Waals surface area contributed by atoms with Gasteiger partial charge in [0, 0.05) is 18.3 Å². The Hall–Kier alpha value is -2.49. The molecule has 0 amide bonds. The molecule has 0 saturated heterocycles. The Labute approximate surface area is 124 Å². The summed E-state index contributed by atoms with van der Waals surface area (Å²) < 4.78 is 10.6. The minimum absolute atomic E-state index is 0.193. The molecule has 0 atom stereocenters. The Bertz CT molecular complexity index is 569. The van der Waals surface area contributed by atoms with Gasteiger partial charge in [-0.15, -0.1) is 0 Å². The van der Waals surface area contributed by atoms with Gasteiger partial charge in [0.1, 0.15) is 11.5 Å². The van der Waals surface area contributed by atoms with Crippen LogP contribution >= 0.6 is 0 Å². The van der Waals surface area contributed by atoms with Crippen molar-refractivity contribution in [2.45, 2.75) is 13.3 Å². The van der Waals surface area contributed by atoms with E-state index in [0.29, 0.717) is 19.6 Å². The Morgan fingerprint density at radius 2 is 1.81 bits per heavy atom. The molecule has 0 aliphatic rings. The van der Waals surface area contributed by atoms with Gasteiger partial charge in [-0.2, -0.15) is 0 Å². The number of para-hydroxylation sites is 1. The molecule has 0 aromatic heterocycles. The normalized spacial score (nSPS) is 9.95. The summed E-state index contributed by atoms with van der Waals surface area (Å²) in [6, 6.07) is 17.2. The largest absolute Gasteiger partial charge is 0.466 e. The van der Waals surface area contributed by atoms with Crippen molar-refractivity contribution in [3.8, 4) is 11.5 Å². The molecule has 0 spiro atoms. The third-order valence-corrected chi connectivity index (χ3v) is 2.78. The van der Waals surface area contributed by atoms with Gasteiger partial charge in [-0.25, -0.2) is 0 Å². The van der Waals surface area contributed by atoms with Crippen LogP contribution in [0, 0.1) is 0 Å². The first kappa shape index (κ1) is 14.9. The lowest BCUT2D eigenvalue weighted by Gasteiger charge is -2.09. The van der Waals surface area contributed by atoms with Gasteiger partial charge in [-0.3, -0.25) is 4.79 Å². The third-order valence-electron chi connectivity index (χ3n) is 2.78. The van der Waals surface area contributed by atoms with Crippen molar-refractivity contribution in [3.05, 3.63) is 54.6 Å². The van der Waals surface area contributed by atoms with Crippen molar-refractivity contribution in [1.29, 1.82) is 0 Å². The Balaban J connectivity index is 1.87. The summed E-state index contributed by atoms with van der Waals surface area (Å²) >= 11 is 0. The molecule has 0 aliphatic heterocycles. The fourth-order valence-corrected chi connectivity index (χ4v) is 1.84. The van der Waals surface area contributed by atoms with Crippen LogP contribution in [-0.4, -0.2) is 19.1 Å². The smallest absolute Gasteiger partial charge is 0.307 e. The maximum Gasteiger partial charge on any atom is 0.307 e. The molecule has 4 nitrogen and oxygen atoms in total. The lowest BCUT2D eigenvalue weighted by atomic mass is 10.3. The maximum atomic E-state index is 11.3. The van der Waals surface area contributed by atoms with E-state index in [1.807, 2.05) is 54.6 Å². The van der Waals surface area contributed by atoms with Gasteiger partial charge in [-0.1, -0.05) is 24.3 Å². The zero-order chi connectivity index (χ0) is 14.9. The van der Waals surface area contributed by atoms with E-state index in [-0.39, 0.29) is 5.97 Å². The quantitative estimate of drug-likeness (QED) is 0.785. The molecule has 2 aromatic carbocycles. The highest BCUT2D eigenvalue weighted by atomic mass is 16.5. The summed E-state index contributed by atoms with van der Waals surface area (Å²) in [7, 11) is 0. The first-order valence-electron chi connectivity index (χ1n) is 7.00. The van der Waals surface area contributed by atoms with Gasteiger partial charge in [0.15, 0.2) is 0 Å². The minimum Gasteiger partial charge on any atom is -0.466 e. The van der Waals surface area contributed by atoms with Crippen LogP contribution in [0.3, 0.4) is 0 Å². The topological polar surface area (TPSA) is 47.6 Å². The SMILES string of the molecule is CCOC(=O)CCNc1cccc(Oc2ccccc2)c1. The second-order valence-corrected chi connectivity index (χ2v) is 4.42. The van der Waals surface area contributed by atoms with Crippen LogP contribution in [0.1, 0.15) is 13.3 Å². The van der Waals surface area contributed by atoms with Crippen molar-refractivity contribution in [1.82, 2.24) is 0 Å². The first-order chi connectivity index (χ1) is 10.3. The maximum absolute atomic E-state index is 11.3. The van der Waals surface area contributed by atoms with Crippen LogP contribution in [0.5, 0.6) is 11.5 Å². The van der Waals surface area contributed by atoms with Crippen LogP contribution in [0.25, 0.3) is 0 Å². The average molecular weight is 285 g/mol. The number of benzene rings is 2. The van der Waals surface area contributed by atoms with Crippen molar-refractivity contribution in [2.75, 3.05) is 18.5 Å². The van der Waals surface area contributed by atoms with E-state index < -0.39 is 0 Å². The molecule has 4 heteroatoms. The highest BCUT2D eigenvalue weighted by Crippen LogP contribution is 2.23. The van der Waals surface area contributed by atoms with Crippen LogP contribution < -0.4 is 10.1 Å². The summed E-state index contributed by atoms with van der Waals surface area (Å²) in [6.07, 6.45) is 0.345. The van der Waals surface area contributed by atoms with E-state index in [2.05, 4.69) is 5.32 Å². The van der Waals surface area contributed by atoms with Crippen molar-refractivity contribution in [2.24, 2.45) is 0 Å². The van der Waals surface area contributed by atoms with Crippen LogP contribution in [0.4, 0.5) is 5.69 Å². The van der Waals surface area contributed by atoms with E-state index in [1.54, 1.807) is 6.92 Å². The molecule has 0 bridgehead atoms. The average Bonchev–Trinajstić information content (AvgIpc) is 2.49. The second-order valence-electron chi connectivity index (χ2n) is 4.42. The molecule has 1 N–H and O–H groups in total. The predicted molar refractivity (Wildman–Crippen MR) is 82.7 cm³/mol. The standard InChI is InChI=1S/C17H19NO3/c1-2-20-17(19)11-12-18-14-7-6-10-16(13-14)21-15-8-4-3-5-9-15/h3-10,13,18H,2,11-12H2,1H3. The number of hydrogen-bond acceptors (Lipinski definition) is 4. The first-order valence-corrected chi connectivity index (χ1v) is 7.00. The number of hydrogen-bond donors (Lipinski definition) is 1. The Morgan fingerprint density at radius 3 is 2.57 bits per heavy atom. The van der Waals surface area contributed by atoms with Gasteiger partial charge in [0.05, 0.1) is 13.0 Å². The second kappa shape index (κ2) is 7.94. The third kappa shape index (κ3) is 5.18. The van der Waals surface area contributed by atoms with Crippen molar-refractivity contribution < 1.29 is 14.3 Å². The monoisotopic (exact) mass is 285 g/mol. The highest BCUT2D eigenvalue weighted by Gasteiger charge is 2.02. The fraction of sp³-hybridized carbons (Fsp3) is 0.235. The number of ether oxygens (including phenoxy) is 2. The fourth-order valence-electron chi connectivity index (χ4n) is 1.84. The highest BCUT2D eigenvalue weighted by molar-refractivity contribution is 5.70. The molecule has 0 saturated carbocycles. The van der Waals surface area contributed by atoms with Crippen molar-refractivity contribution in [3.63, 3.8) is 0 Å². The molecule has 0 unspecified atom stereocenters. The van der Waals surface area contributed by atoms with E-state index in [0.717, 1.165) is 17.2 Å². The summed E-state index contributed by atoms with van der Waals surface area (Å²) in [5, 5.41) is 3.18. The number of esters is 1. The molecule has 0 heterocycles. The van der Waals surface area contributed by atoms with Gasteiger partial charge in [-0.05, 0) is 31.2 Å². The van der Waals surface area contributed by atoms with Crippen molar-refractivity contribution >= 4 is 11.7 Å². The van der Waals surface area contributed by atoms with E-state index in [4.69, 9.17) is 9.47 Å². The Kier molecular flexibility index (Phi) is 5.64. The molecule has 110 valence electrons. The van der Waals surface area contributed by atoms with Gasteiger partial charge >= 0.3 is 5.97 Å². The molecule has 2 rings (SSSR count). The summed E-state index contributed by atoms with van der Waals surface area (Å²) in [4.78, 5) is 11.3. The zero-order valence-corrected chi connectivity index (χ0v) is 12.0. The molecule has 0 fully saturated rings. The minimum atomic E-state index is -0.193. The van der Waals surface area contributed by atoms with E-state index in [1.165, 1.54) is 0 Å². The molecular weight excluding hydrogens is 266 g/mol. The molecule has 0 aliphatic carbocycles. The molecular formula is C17H19NO3. The van der Waals surface area contributed by atoms with E-state index in [9.17, 15) is 4.79 Å². The number of nitrogens with one attached hydrogen (secondary N) is 1. The lowest BCUT2D eigenvalue weighted by Crippen LogP contribution is -2.11. The Morgan fingerprint density at radius 1 is 1.05 bits per heavy atom. The van der Waals surface area contributed by atoms with Crippen LogP contribution in [-0.2, 0) is 9.53 Å². The summed E-state index contributed by atoms with van der Waals surface area (Å²) in [5.41, 5.74) is 0.910. The molecule has 0 radical (unpaired) electrons. The van der Waals surface area contributed by atoms with E-state index >= 15 is 0 Å². The van der Waals surface area contributed by atoms with Crippen LogP contribution in [0.15, 0.2) is 54.6 Å². The van der Waals surface area contributed by atoms with Gasteiger partial charge in [0.2, 0.25) is 0 Å². The molecule has 21 heavy (non-hydrogen) atoms. The van der Waals surface area contributed by atoms with Gasteiger partial charge < -0.3 is 14.8 Å².